The SMILES string of the molecule is C[C@@H](c1ccccc1)N1C[C@@H](C(=O)NC2CCCCC2)CC1=O. The molecule has 1 aliphatic heterocycles. The topological polar surface area (TPSA) is 49.4 Å². The van der Waals surface area contributed by atoms with Crippen LogP contribution in [0.5, 0.6) is 0 Å². The summed E-state index contributed by atoms with van der Waals surface area (Å²) in [6, 6.07) is 10.4. The summed E-state index contributed by atoms with van der Waals surface area (Å²) in [5, 5.41) is 3.16. The van der Waals surface area contributed by atoms with E-state index in [-0.39, 0.29) is 23.8 Å². The molecule has 1 heterocycles. The maximum atomic E-state index is 12.5. The van der Waals surface area contributed by atoms with Gasteiger partial charge in [-0.1, -0.05) is 49.6 Å². The largest absolute Gasteiger partial charge is 0.353 e. The zero-order valence-corrected chi connectivity index (χ0v) is 13.8. The lowest BCUT2D eigenvalue weighted by Gasteiger charge is -2.26. The third kappa shape index (κ3) is 3.74. The normalized spacial score (nSPS) is 23.8. The number of hydrogen-bond donors (Lipinski definition) is 1. The van der Waals surface area contributed by atoms with Crippen molar-refractivity contribution >= 4 is 11.8 Å². The highest BCUT2D eigenvalue weighted by Crippen LogP contribution is 2.29. The molecule has 1 saturated heterocycles. The Morgan fingerprint density at radius 1 is 1.17 bits per heavy atom. The maximum absolute atomic E-state index is 12.5. The van der Waals surface area contributed by atoms with E-state index in [2.05, 4.69) is 5.32 Å². The summed E-state index contributed by atoms with van der Waals surface area (Å²) in [6.07, 6.45) is 6.18. The fourth-order valence-corrected chi connectivity index (χ4v) is 3.76. The van der Waals surface area contributed by atoms with Crippen LogP contribution in [-0.2, 0) is 9.59 Å². The van der Waals surface area contributed by atoms with Crippen LogP contribution in [0.3, 0.4) is 0 Å². The first-order valence-corrected chi connectivity index (χ1v) is 8.80. The smallest absolute Gasteiger partial charge is 0.225 e. The number of nitrogens with one attached hydrogen (secondary N) is 1. The van der Waals surface area contributed by atoms with Gasteiger partial charge in [-0.05, 0) is 25.3 Å². The number of likely N-dealkylation sites (tertiary alicyclic amines) is 1. The minimum absolute atomic E-state index is 0.0242. The van der Waals surface area contributed by atoms with Crippen molar-refractivity contribution in [2.45, 2.75) is 57.5 Å². The van der Waals surface area contributed by atoms with Crippen LogP contribution in [0.25, 0.3) is 0 Å². The molecule has 1 aromatic rings. The van der Waals surface area contributed by atoms with E-state index in [0.717, 1.165) is 18.4 Å². The Morgan fingerprint density at radius 3 is 2.57 bits per heavy atom. The van der Waals surface area contributed by atoms with Crippen molar-refractivity contribution in [2.24, 2.45) is 5.92 Å². The Balaban J connectivity index is 1.59. The molecule has 3 rings (SSSR count). The van der Waals surface area contributed by atoms with Crippen molar-refractivity contribution < 1.29 is 9.59 Å². The minimum Gasteiger partial charge on any atom is -0.353 e. The summed E-state index contributed by atoms with van der Waals surface area (Å²) in [6.45, 7) is 2.57. The van der Waals surface area contributed by atoms with Gasteiger partial charge in [0.15, 0.2) is 0 Å². The molecule has 23 heavy (non-hydrogen) atoms. The molecule has 0 radical (unpaired) electrons. The molecule has 124 valence electrons. The minimum atomic E-state index is -0.199. The standard InChI is InChI=1S/C19H26N2O2/c1-14(15-8-4-2-5-9-15)21-13-16(12-18(21)22)19(23)20-17-10-6-3-7-11-17/h2,4-5,8-9,14,16-17H,3,6-7,10-13H2,1H3,(H,20,23)/t14-,16-/m0/s1. The van der Waals surface area contributed by atoms with Crippen molar-refractivity contribution in [3.63, 3.8) is 0 Å². The number of carbonyl (C=O) groups is 2. The van der Waals surface area contributed by atoms with Crippen LogP contribution < -0.4 is 5.32 Å². The second-order valence-corrected chi connectivity index (χ2v) is 6.88. The molecule has 2 amide bonds. The molecule has 2 fully saturated rings. The second-order valence-electron chi connectivity index (χ2n) is 6.88. The summed E-state index contributed by atoms with van der Waals surface area (Å²) >= 11 is 0. The summed E-state index contributed by atoms with van der Waals surface area (Å²) in [4.78, 5) is 26.7. The predicted molar refractivity (Wildman–Crippen MR) is 89.7 cm³/mol. The Morgan fingerprint density at radius 2 is 1.87 bits per heavy atom. The van der Waals surface area contributed by atoms with E-state index in [1.807, 2.05) is 42.2 Å². The van der Waals surface area contributed by atoms with E-state index in [9.17, 15) is 9.59 Å². The second kappa shape index (κ2) is 7.16. The van der Waals surface area contributed by atoms with Gasteiger partial charge >= 0.3 is 0 Å². The number of carbonyl (C=O) groups excluding carboxylic acids is 2. The lowest BCUT2D eigenvalue weighted by Crippen LogP contribution is -2.40. The zero-order chi connectivity index (χ0) is 16.2. The van der Waals surface area contributed by atoms with E-state index in [1.165, 1.54) is 19.3 Å². The van der Waals surface area contributed by atoms with Crippen molar-refractivity contribution in [3.8, 4) is 0 Å². The molecular weight excluding hydrogens is 288 g/mol. The van der Waals surface area contributed by atoms with Crippen LogP contribution in [0, 0.1) is 5.92 Å². The lowest BCUT2D eigenvalue weighted by molar-refractivity contribution is -0.130. The van der Waals surface area contributed by atoms with Gasteiger partial charge in [0, 0.05) is 19.0 Å². The molecule has 0 bridgehead atoms. The fraction of sp³-hybridized carbons (Fsp3) is 0.579. The average molecular weight is 314 g/mol. The van der Waals surface area contributed by atoms with E-state index in [0.29, 0.717) is 19.0 Å². The van der Waals surface area contributed by atoms with Crippen LogP contribution in [0.1, 0.15) is 57.1 Å². The monoisotopic (exact) mass is 314 g/mol. The van der Waals surface area contributed by atoms with E-state index >= 15 is 0 Å². The predicted octanol–water partition coefficient (Wildman–Crippen LogP) is 3.05. The zero-order valence-electron chi connectivity index (χ0n) is 13.8. The number of amides is 2. The van der Waals surface area contributed by atoms with Gasteiger partial charge in [0.2, 0.25) is 11.8 Å². The highest BCUT2D eigenvalue weighted by atomic mass is 16.2. The molecule has 2 atom stereocenters. The highest BCUT2D eigenvalue weighted by molar-refractivity contribution is 5.89. The molecule has 2 aliphatic rings. The number of benzene rings is 1. The average Bonchev–Trinajstić information content (AvgIpc) is 2.98. The molecule has 4 nitrogen and oxygen atoms in total. The maximum Gasteiger partial charge on any atom is 0.225 e. The fourth-order valence-electron chi connectivity index (χ4n) is 3.76. The van der Waals surface area contributed by atoms with Gasteiger partial charge in [0.1, 0.15) is 0 Å². The van der Waals surface area contributed by atoms with E-state index in [1.54, 1.807) is 0 Å². The summed E-state index contributed by atoms with van der Waals surface area (Å²) in [5.74, 6) is -0.0475. The Kier molecular flexibility index (Phi) is 4.99. The molecule has 1 aliphatic carbocycles. The molecule has 0 spiro atoms. The first-order chi connectivity index (χ1) is 11.1. The van der Waals surface area contributed by atoms with E-state index < -0.39 is 0 Å². The van der Waals surface area contributed by atoms with Crippen molar-refractivity contribution in [3.05, 3.63) is 35.9 Å². The van der Waals surface area contributed by atoms with Gasteiger partial charge in [-0.25, -0.2) is 0 Å². The quantitative estimate of drug-likeness (QED) is 0.928. The van der Waals surface area contributed by atoms with Gasteiger partial charge in [-0.2, -0.15) is 0 Å². The molecule has 1 saturated carbocycles. The Hall–Kier alpha value is -1.84. The number of nitrogens with zero attached hydrogens (tertiary/aromatic N) is 1. The number of rotatable bonds is 4. The molecule has 4 heteroatoms. The van der Waals surface area contributed by atoms with Crippen molar-refractivity contribution in [1.29, 1.82) is 0 Å². The molecule has 1 N–H and O–H groups in total. The van der Waals surface area contributed by atoms with Crippen LogP contribution >= 0.6 is 0 Å². The molecule has 1 aromatic carbocycles. The van der Waals surface area contributed by atoms with Crippen LogP contribution in [0.2, 0.25) is 0 Å². The van der Waals surface area contributed by atoms with Gasteiger partial charge in [-0.15, -0.1) is 0 Å². The first-order valence-electron chi connectivity index (χ1n) is 8.80. The molecule has 0 aromatic heterocycles. The van der Waals surface area contributed by atoms with Crippen molar-refractivity contribution in [1.82, 2.24) is 10.2 Å². The van der Waals surface area contributed by atoms with Crippen LogP contribution in [0.4, 0.5) is 0 Å². The van der Waals surface area contributed by atoms with Crippen LogP contribution in [0.15, 0.2) is 30.3 Å². The summed E-state index contributed by atoms with van der Waals surface area (Å²) in [7, 11) is 0. The number of hydrogen-bond acceptors (Lipinski definition) is 2. The van der Waals surface area contributed by atoms with Gasteiger partial charge in [-0.3, -0.25) is 9.59 Å². The van der Waals surface area contributed by atoms with Gasteiger partial charge in [0.05, 0.1) is 12.0 Å². The van der Waals surface area contributed by atoms with Crippen LogP contribution in [-0.4, -0.2) is 29.3 Å². The first kappa shape index (κ1) is 16.0. The summed E-state index contributed by atoms with van der Waals surface area (Å²) < 4.78 is 0. The Bertz CT molecular complexity index is 552. The van der Waals surface area contributed by atoms with Crippen molar-refractivity contribution in [2.75, 3.05) is 6.54 Å². The third-order valence-electron chi connectivity index (χ3n) is 5.23. The van der Waals surface area contributed by atoms with Gasteiger partial charge < -0.3 is 10.2 Å². The van der Waals surface area contributed by atoms with E-state index in [4.69, 9.17) is 0 Å². The summed E-state index contributed by atoms with van der Waals surface area (Å²) in [5.41, 5.74) is 1.12. The lowest BCUT2D eigenvalue weighted by atomic mass is 9.95. The van der Waals surface area contributed by atoms with Gasteiger partial charge in [0.25, 0.3) is 0 Å². The third-order valence-corrected chi connectivity index (χ3v) is 5.23. The molecular formula is C19H26N2O2. The highest BCUT2D eigenvalue weighted by Gasteiger charge is 2.37. The Labute approximate surface area is 138 Å². The molecule has 0 unspecified atom stereocenters.